The monoisotopic (exact) mass is 489 g/mol. The fourth-order valence-corrected chi connectivity index (χ4v) is 5.26. The van der Waals surface area contributed by atoms with Crippen LogP contribution in [0.2, 0.25) is 5.02 Å². The molecule has 2 aromatic carbocycles. The van der Waals surface area contributed by atoms with Crippen molar-refractivity contribution in [2.75, 3.05) is 38.1 Å². The normalized spacial score (nSPS) is 21.3. The Kier molecular flexibility index (Phi) is 7.01. The third kappa shape index (κ3) is 5.01. The Morgan fingerprint density at radius 2 is 1.77 bits per heavy atom. The van der Waals surface area contributed by atoms with Crippen molar-refractivity contribution in [1.29, 1.82) is 0 Å². The number of rotatable bonds is 5. The second-order valence-electron chi connectivity index (χ2n) is 8.51. The van der Waals surface area contributed by atoms with E-state index in [0.29, 0.717) is 5.92 Å². The van der Waals surface area contributed by atoms with Crippen molar-refractivity contribution in [3.8, 4) is 0 Å². The molecular weight excluding hydrogens is 462 g/mol. The molecule has 4 nitrogen and oxygen atoms in total. The maximum absolute atomic E-state index is 12.9. The lowest BCUT2D eigenvalue weighted by Crippen LogP contribution is -2.56. The van der Waals surface area contributed by atoms with Crippen molar-refractivity contribution < 1.29 is 4.79 Å². The molecule has 1 unspecified atom stereocenters. The predicted octanol–water partition coefficient (Wildman–Crippen LogP) is 5.69. The number of likely N-dealkylation sites (tertiary alicyclic amines) is 1. The first-order valence-corrected chi connectivity index (χ1v) is 11.9. The maximum atomic E-state index is 12.9. The summed E-state index contributed by atoms with van der Waals surface area (Å²) < 4.78 is 1.15. The summed E-state index contributed by atoms with van der Waals surface area (Å²) in [5, 5.41) is 0.806. The second-order valence-corrected chi connectivity index (χ2v) is 9.80. The van der Waals surface area contributed by atoms with E-state index in [0.717, 1.165) is 54.2 Å². The topological polar surface area (TPSA) is 26.8 Å². The van der Waals surface area contributed by atoms with E-state index in [-0.39, 0.29) is 12.1 Å². The highest BCUT2D eigenvalue weighted by Crippen LogP contribution is 2.29. The van der Waals surface area contributed by atoms with E-state index < -0.39 is 0 Å². The number of para-hydroxylation sites is 1. The Balaban J connectivity index is 1.28. The Morgan fingerprint density at radius 3 is 2.50 bits per heavy atom. The molecule has 0 radical (unpaired) electrons. The number of hydrogen-bond acceptors (Lipinski definition) is 2. The largest absolute Gasteiger partial charge is 0.324 e. The smallest absolute Gasteiger partial charge is 0.323 e. The van der Waals surface area contributed by atoms with Gasteiger partial charge in [0, 0.05) is 41.4 Å². The van der Waals surface area contributed by atoms with E-state index >= 15 is 0 Å². The van der Waals surface area contributed by atoms with Crippen molar-refractivity contribution in [1.82, 2.24) is 9.80 Å². The molecule has 0 N–H and O–H groups in total. The number of amides is 2. The number of anilines is 1. The molecule has 2 fully saturated rings. The number of hydrogen-bond donors (Lipinski definition) is 0. The lowest BCUT2D eigenvalue weighted by Gasteiger charge is -2.42. The molecule has 0 spiro atoms. The molecule has 2 heterocycles. The van der Waals surface area contributed by atoms with Gasteiger partial charge >= 0.3 is 6.03 Å². The van der Waals surface area contributed by atoms with E-state index in [2.05, 4.69) is 26.9 Å². The minimum atomic E-state index is 0.109. The number of urea groups is 1. The van der Waals surface area contributed by atoms with Crippen LogP contribution in [0.25, 0.3) is 0 Å². The molecule has 0 saturated carbocycles. The minimum absolute atomic E-state index is 0.109. The fourth-order valence-electron chi connectivity index (χ4n) is 4.66. The van der Waals surface area contributed by atoms with E-state index in [1.165, 1.54) is 18.4 Å². The summed E-state index contributed by atoms with van der Waals surface area (Å²) in [7, 11) is 1.95. The van der Waals surface area contributed by atoms with Crippen molar-refractivity contribution in [3.05, 3.63) is 63.6 Å². The van der Waals surface area contributed by atoms with Crippen LogP contribution in [0.3, 0.4) is 0 Å². The van der Waals surface area contributed by atoms with Crippen LogP contribution in [0.4, 0.5) is 10.5 Å². The Bertz CT molecular complexity index is 870. The number of carbonyl (C=O) groups is 1. The Hall–Kier alpha value is -1.56. The highest BCUT2D eigenvalue weighted by Gasteiger charge is 2.33. The average Bonchev–Trinajstić information content (AvgIpc) is 2.76. The zero-order valence-electron chi connectivity index (χ0n) is 17.4. The van der Waals surface area contributed by atoms with Crippen LogP contribution < -0.4 is 4.90 Å². The van der Waals surface area contributed by atoms with Crippen LogP contribution in [-0.4, -0.2) is 55.1 Å². The molecule has 2 aromatic rings. The van der Waals surface area contributed by atoms with Gasteiger partial charge < -0.3 is 9.80 Å². The first-order valence-electron chi connectivity index (χ1n) is 10.8. The van der Waals surface area contributed by atoms with Gasteiger partial charge in [-0.25, -0.2) is 4.79 Å². The quantitative estimate of drug-likeness (QED) is 0.538. The summed E-state index contributed by atoms with van der Waals surface area (Å²) in [6.07, 6.45) is 4.47. The third-order valence-corrected chi connectivity index (χ3v) is 7.54. The van der Waals surface area contributed by atoms with Gasteiger partial charge in [0.05, 0.1) is 0 Å². The van der Waals surface area contributed by atoms with Crippen LogP contribution in [0.15, 0.2) is 53.0 Å². The van der Waals surface area contributed by atoms with Crippen molar-refractivity contribution >= 4 is 39.2 Å². The molecule has 30 heavy (non-hydrogen) atoms. The molecular formula is C24H29BrClN3O. The van der Waals surface area contributed by atoms with Crippen LogP contribution >= 0.6 is 27.5 Å². The van der Waals surface area contributed by atoms with Gasteiger partial charge in [0.1, 0.15) is 0 Å². The van der Waals surface area contributed by atoms with Crippen LogP contribution in [0.1, 0.15) is 24.8 Å². The molecule has 160 valence electrons. The van der Waals surface area contributed by atoms with Crippen LogP contribution in [-0.2, 0) is 6.42 Å². The molecule has 1 atom stereocenters. The molecule has 2 aliphatic heterocycles. The van der Waals surface area contributed by atoms with Crippen molar-refractivity contribution in [2.45, 2.75) is 31.7 Å². The summed E-state index contributed by atoms with van der Waals surface area (Å²) >= 11 is 9.83. The average molecular weight is 491 g/mol. The number of likely N-dealkylation sites (N-methyl/N-ethyl adjacent to an activating group) is 1. The van der Waals surface area contributed by atoms with Gasteiger partial charge in [0.15, 0.2) is 0 Å². The van der Waals surface area contributed by atoms with E-state index in [9.17, 15) is 4.79 Å². The zero-order valence-corrected chi connectivity index (χ0v) is 19.8. The summed E-state index contributed by atoms with van der Waals surface area (Å²) in [5.74, 6) is 0.690. The number of nitrogens with zero attached hydrogens (tertiary/aromatic N) is 3. The highest BCUT2D eigenvalue weighted by atomic mass is 79.9. The Morgan fingerprint density at radius 1 is 1.03 bits per heavy atom. The first kappa shape index (κ1) is 21.7. The molecule has 0 aliphatic carbocycles. The SMILES string of the molecule is CN1C(=O)N(c2ccccc2)CCC1CN1CCC(Cc2cc(Cl)ccc2Br)CC1. The first-order chi connectivity index (χ1) is 14.5. The molecule has 2 amide bonds. The van der Waals surface area contributed by atoms with Gasteiger partial charge in [-0.15, -0.1) is 0 Å². The van der Waals surface area contributed by atoms with Gasteiger partial charge in [0.25, 0.3) is 0 Å². The number of piperidine rings is 1. The van der Waals surface area contributed by atoms with E-state index in [1.807, 2.05) is 59.3 Å². The summed E-state index contributed by atoms with van der Waals surface area (Å²) in [5.41, 5.74) is 2.29. The number of halogens is 2. The minimum Gasteiger partial charge on any atom is -0.323 e. The maximum Gasteiger partial charge on any atom is 0.324 e. The summed E-state index contributed by atoms with van der Waals surface area (Å²) in [4.78, 5) is 19.3. The van der Waals surface area contributed by atoms with Gasteiger partial charge in [-0.05, 0) is 80.6 Å². The van der Waals surface area contributed by atoms with Gasteiger partial charge in [0.2, 0.25) is 0 Å². The van der Waals surface area contributed by atoms with Gasteiger partial charge in [-0.2, -0.15) is 0 Å². The van der Waals surface area contributed by atoms with Crippen molar-refractivity contribution in [3.63, 3.8) is 0 Å². The standard InChI is InChI=1S/C24H29BrClN3O/c1-27-22(11-14-29(24(27)30)21-5-3-2-4-6-21)17-28-12-9-18(10-13-28)15-19-16-20(26)7-8-23(19)25/h2-8,16,18,22H,9-15,17H2,1H3. The van der Waals surface area contributed by atoms with Crippen molar-refractivity contribution in [2.24, 2.45) is 5.92 Å². The fraction of sp³-hybridized carbons (Fsp3) is 0.458. The summed E-state index contributed by atoms with van der Waals surface area (Å²) in [6, 6.07) is 16.4. The lowest BCUT2D eigenvalue weighted by molar-refractivity contribution is 0.122. The molecule has 0 bridgehead atoms. The lowest BCUT2D eigenvalue weighted by atomic mass is 9.90. The molecule has 2 aliphatic rings. The molecule has 4 rings (SSSR count). The van der Waals surface area contributed by atoms with Gasteiger partial charge in [-0.3, -0.25) is 4.90 Å². The number of benzene rings is 2. The highest BCUT2D eigenvalue weighted by molar-refractivity contribution is 9.10. The van der Waals surface area contributed by atoms with Crippen LogP contribution in [0.5, 0.6) is 0 Å². The molecule has 6 heteroatoms. The zero-order chi connectivity index (χ0) is 21.1. The second kappa shape index (κ2) is 9.71. The van der Waals surface area contributed by atoms with Gasteiger partial charge in [-0.1, -0.05) is 45.7 Å². The van der Waals surface area contributed by atoms with E-state index in [4.69, 9.17) is 11.6 Å². The predicted molar refractivity (Wildman–Crippen MR) is 127 cm³/mol. The number of carbonyl (C=O) groups excluding carboxylic acids is 1. The Labute approximate surface area is 192 Å². The third-order valence-electron chi connectivity index (χ3n) is 6.53. The summed E-state index contributed by atoms with van der Waals surface area (Å²) in [6.45, 7) is 3.96. The van der Waals surface area contributed by atoms with Crippen LogP contribution in [0, 0.1) is 5.92 Å². The molecule has 2 saturated heterocycles. The molecule has 0 aromatic heterocycles. The van der Waals surface area contributed by atoms with E-state index in [1.54, 1.807) is 0 Å².